The molecule has 0 radical (unpaired) electrons. The van der Waals surface area contributed by atoms with E-state index in [1.54, 1.807) is 26.0 Å². The monoisotopic (exact) mass is 492 g/mol. The molecule has 0 unspecified atom stereocenters. The van der Waals surface area contributed by atoms with Crippen molar-refractivity contribution in [3.63, 3.8) is 0 Å². The summed E-state index contributed by atoms with van der Waals surface area (Å²) in [5.41, 5.74) is 4.49. The molecule has 36 heavy (non-hydrogen) atoms. The fourth-order valence-corrected chi connectivity index (χ4v) is 4.25. The highest BCUT2D eigenvalue weighted by Crippen LogP contribution is 2.32. The summed E-state index contributed by atoms with van der Waals surface area (Å²) in [6, 6.07) is 10.9. The number of carbonyl (C=O) groups excluding carboxylic acids is 4. The largest absolute Gasteiger partial charge is 0.326 e. The number of hydrogen-bond donors (Lipinski definition) is 4. The number of carbonyl (C=O) groups is 4. The smallest absolute Gasteiger partial charge is 0.227 e. The Bertz CT molecular complexity index is 1050. The molecule has 2 aromatic carbocycles. The zero-order valence-electron chi connectivity index (χ0n) is 21.5. The van der Waals surface area contributed by atoms with Crippen molar-refractivity contribution in [2.75, 3.05) is 21.3 Å². The number of hydrogen-bond acceptors (Lipinski definition) is 4. The molecule has 0 atom stereocenters. The first-order valence-electron chi connectivity index (χ1n) is 12.6. The van der Waals surface area contributed by atoms with Gasteiger partial charge < -0.3 is 21.3 Å². The summed E-state index contributed by atoms with van der Waals surface area (Å²) in [7, 11) is 0. The summed E-state index contributed by atoms with van der Waals surface area (Å²) < 4.78 is 0. The molecule has 8 nitrogen and oxygen atoms in total. The lowest BCUT2D eigenvalue weighted by Crippen LogP contribution is -2.32. The van der Waals surface area contributed by atoms with Crippen molar-refractivity contribution in [2.45, 2.75) is 66.2 Å². The SMILES string of the molecule is CCC(=O)Nc1ccc(C)c(NC(=O)C2CCC(C(=O)Nc3cc(NC(=O)CC)ccc3C)CC2)c1. The molecule has 0 heterocycles. The maximum atomic E-state index is 12.9. The molecule has 3 rings (SSSR count). The predicted molar refractivity (Wildman–Crippen MR) is 143 cm³/mol. The number of benzene rings is 2. The molecular formula is C28H36N4O4. The molecule has 1 fully saturated rings. The minimum Gasteiger partial charge on any atom is -0.326 e. The Morgan fingerprint density at radius 2 is 1.00 bits per heavy atom. The van der Waals surface area contributed by atoms with E-state index in [0.717, 1.165) is 11.1 Å². The van der Waals surface area contributed by atoms with Crippen molar-refractivity contribution >= 4 is 46.4 Å². The number of aryl methyl sites for hydroxylation is 2. The van der Waals surface area contributed by atoms with Gasteiger partial charge in [0, 0.05) is 47.4 Å². The Morgan fingerprint density at radius 3 is 1.33 bits per heavy atom. The van der Waals surface area contributed by atoms with Crippen LogP contribution >= 0.6 is 0 Å². The third-order valence-corrected chi connectivity index (χ3v) is 6.67. The highest BCUT2D eigenvalue weighted by molar-refractivity contribution is 5.97. The zero-order chi connectivity index (χ0) is 26.2. The maximum absolute atomic E-state index is 12.9. The van der Waals surface area contributed by atoms with Crippen LogP contribution in [0, 0.1) is 25.7 Å². The van der Waals surface area contributed by atoms with Crippen LogP contribution < -0.4 is 21.3 Å². The lowest BCUT2D eigenvalue weighted by atomic mass is 9.81. The van der Waals surface area contributed by atoms with Crippen molar-refractivity contribution in [1.82, 2.24) is 0 Å². The minimum absolute atomic E-state index is 0.0638. The summed E-state index contributed by atoms with van der Waals surface area (Å²) in [5.74, 6) is -0.633. The molecule has 0 saturated heterocycles. The number of rotatable bonds is 8. The number of anilines is 4. The average Bonchev–Trinajstić information content (AvgIpc) is 2.87. The van der Waals surface area contributed by atoms with Gasteiger partial charge in [-0.25, -0.2) is 0 Å². The lowest BCUT2D eigenvalue weighted by molar-refractivity contribution is -0.125. The standard InChI is InChI=1S/C28H36N4O4/c1-5-25(33)29-21-13-7-17(3)23(15-21)31-27(35)19-9-11-20(12-10-19)28(36)32-24-16-22(14-8-18(24)4)30-26(34)6-2/h7-8,13-16,19-20H,5-6,9-12H2,1-4H3,(H,29,33)(H,30,34)(H,31,35)(H,32,36). The Kier molecular flexibility index (Phi) is 9.22. The Balaban J connectivity index is 1.55. The van der Waals surface area contributed by atoms with Crippen LogP contribution in [0.3, 0.4) is 0 Å². The van der Waals surface area contributed by atoms with Crippen molar-refractivity contribution in [2.24, 2.45) is 11.8 Å². The van der Waals surface area contributed by atoms with Crippen molar-refractivity contribution in [1.29, 1.82) is 0 Å². The molecular weight excluding hydrogens is 456 g/mol. The van der Waals surface area contributed by atoms with Gasteiger partial charge >= 0.3 is 0 Å². The maximum Gasteiger partial charge on any atom is 0.227 e. The first-order valence-corrected chi connectivity index (χ1v) is 12.6. The molecule has 0 bridgehead atoms. The molecule has 0 aliphatic heterocycles. The van der Waals surface area contributed by atoms with Crippen molar-refractivity contribution in [3.8, 4) is 0 Å². The fraction of sp³-hybridized carbons (Fsp3) is 0.429. The van der Waals surface area contributed by atoms with Gasteiger partial charge in [0.2, 0.25) is 23.6 Å². The first kappa shape index (κ1) is 26.9. The van der Waals surface area contributed by atoms with Gasteiger partial charge in [-0.1, -0.05) is 26.0 Å². The Hall–Kier alpha value is -3.68. The van der Waals surface area contributed by atoms with E-state index >= 15 is 0 Å². The molecule has 0 aromatic heterocycles. The van der Waals surface area contributed by atoms with Crippen LogP contribution in [0.5, 0.6) is 0 Å². The molecule has 8 heteroatoms. The van der Waals surface area contributed by atoms with Gasteiger partial charge in [-0.3, -0.25) is 19.2 Å². The second-order valence-electron chi connectivity index (χ2n) is 9.39. The van der Waals surface area contributed by atoms with Gasteiger partial charge in [0.05, 0.1) is 0 Å². The minimum atomic E-state index is -0.170. The summed E-state index contributed by atoms with van der Waals surface area (Å²) in [6.07, 6.45) is 3.27. The van der Waals surface area contributed by atoms with E-state index < -0.39 is 0 Å². The van der Waals surface area contributed by atoms with Crippen LogP contribution in [0.1, 0.15) is 63.5 Å². The molecule has 192 valence electrons. The van der Waals surface area contributed by atoms with Crippen LogP contribution in [0.25, 0.3) is 0 Å². The van der Waals surface area contributed by atoms with Gasteiger partial charge in [0.15, 0.2) is 0 Å². The molecule has 4 N–H and O–H groups in total. The van der Waals surface area contributed by atoms with Crippen LogP contribution in [0.15, 0.2) is 36.4 Å². The molecule has 1 aliphatic rings. The van der Waals surface area contributed by atoms with Crippen molar-refractivity contribution < 1.29 is 19.2 Å². The zero-order valence-corrected chi connectivity index (χ0v) is 21.5. The summed E-state index contributed by atoms with van der Waals surface area (Å²) >= 11 is 0. The quantitative estimate of drug-likeness (QED) is 0.396. The van der Waals surface area contributed by atoms with Gasteiger partial charge in [-0.15, -0.1) is 0 Å². The molecule has 1 aliphatic carbocycles. The lowest BCUT2D eigenvalue weighted by Gasteiger charge is -2.27. The first-order chi connectivity index (χ1) is 17.2. The summed E-state index contributed by atoms with van der Waals surface area (Å²) in [4.78, 5) is 49.3. The van der Waals surface area contributed by atoms with E-state index in [9.17, 15) is 19.2 Å². The summed E-state index contributed by atoms with van der Waals surface area (Å²) in [5, 5.41) is 11.6. The number of amides is 4. The molecule has 0 spiro atoms. The third-order valence-electron chi connectivity index (χ3n) is 6.67. The van der Waals surface area contributed by atoms with Crippen LogP contribution in [-0.4, -0.2) is 23.6 Å². The molecule has 4 amide bonds. The van der Waals surface area contributed by atoms with E-state index in [-0.39, 0.29) is 35.5 Å². The van der Waals surface area contributed by atoms with E-state index in [0.29, 0.717) is 61.3 Å². The fourth-order valence-electron chi connectivity index (χ4n) is 4.25. The van der Waals surface area contributed by atoms with Crippen LogP contribution in [0.2, 0.25) is 0 Å². The van der Waals surface area contributed by atoms with Gasteiger partial charge in [-0.2, -0.15) is 0 Å². The highest BCUT2D eigenvalue weighted by Gasteiger charge is 2.30. The third kappa shape index (κ3) is 7.16. The van der Waals surface area contributed by atoms with Crippen LogP contribution in [0.4, 0.5) is 22.7 Å². The average molecular weight is 493 g/mol. The van der Waals surface area contributed by atoms with E-state index in [1.165, 1.54) is 0 Å². The van der Waals surface area contributed by atoms with E-state index in [1.807, 2.05) is 38.1 Å². The van der Waals surface area contributed by atoms with Gasteiger partial charge in [0.25, 0.3) is 0 Å². The van der Waals surface area contributed by atoms with Gasteiger partial charge in [0.1, 0.15) is 0 Å². The topological polar surface area (TPSA) is 116 Å². The second-order valence-corrected chi connectivity index (χ2v) is 9.39. The molecule has 2 aromatic rings. The normalized spacial score (nSPS) is 17.1. The van der Waals surface area contributed by atoms with Gasteiger partial charge in [-0.05, 0) is 74.9 Å². The second kappa shape index (κ2) is 12.3. The highest BCUT2D eigenvalue weighted by atomic mass is 16.2. The van der Waals surface area contributed by atoms with E-state index in [2.05, 4.69) is 21.3 Å². The van der Waals surface area contributed by atoms with Crippen molar-refractivity contribution in [3.05, 3.63) is 47.5 Å². The van der Waals surface area contributed by atoms with Crippen LogP contribution in [-0.2, 0) is 19.2 Å². The number of nitrogens with one attached hydrogen (secondary N) is 4. The predicted octanol–water partition coefficient (Wildman–Crippen LogP) is 5.38. The van der Waals surface area contributed by atoms with E-state index in [4.69, 9.17) is 0 Å². The summed E-state index contributed by atoms with van der Waals surface area (Å²) in [6.45, 7) is 7.39. The Morgan fingerprint density at radius 1 is 0.639 bits per heavy atom. The molecule has 1 saturated carbocycles. The Labute approximate surface area is 212 Å².